The van der Waals surface area contributed by atoms with E-state index in [2.05, 4.69) is 5.32 Å². The number of benzene rings is 1. The molecule has 0 saturated heterocycles. The maximum absolute atomic E-state index is 12.8. The summed E-state index contributed by atoms with van der Waals surface area (Å²) in [5.74, 6) is -0.357. The number of hydrogen-bond acceptors (Lipinski definition) is 2. The Labute approximate surface area is 109 Å². The van der Waals surface area contributed by atoms with Gasteiger partial charge in [0.1, 0.15) is 5.82 Å². The van der Waals surface area contributed by atoms with Crippen LogP contribution in [0.15, 0.2) is 24.3 Å². The van der Waals surface area contributed by atoms with Gasteiger partial charge in [-0.3, -0.25) is 0 Å². The van der Waals surface area contributed by atoms with E-state index >= 15 is 0 Å². The van der Waals surface area contributed by atoms with Gasteiger partial charge in [-0.25, -0.2) is 4.39 Å². The van der Waals surface area contributed by atoms with E-state index in [4.69, 9.17) is 4.74 Å². The molecule has 19 heavy (non-hydrogen) atoms. The highest BCUT2D eigenvalue weighted by Crippen LogP contribution is 2.23. The molecule has 0 bridgehead atoms. The first-order chi connectivity index (χ1) is 8.92. The van der Waals surface area contributed by atoms with Crippen molar-refractivity contribution < 1.29 is 22.3 Å². The summed E-state index contributed by atoms with van der Waals surface area (Å²) in [5.41, 5.74) is 0.739. The quantitative estimate of drug-likeness (QED) is 0.610. The monoisotopic (exact) mass is 279 g/mol. The second kappa shape index (κ2) is 7.45. The molecule has 0 aliphatic carbocycles. The molecule has 0 radical (unpaired) electrons. The summed E-state index contributed by atoms with van der Waals surface area (Å²) >= 11 is 0. The lowest BCUT2D eigenvalue weighted by Gasteiger charge is -2.18. The lowest BCUT2D eigenvalue weighted by Crippen LogP contribution is -2.20. The van der Waals surface area contributed by atoms with Crippen molar-refractivity contribution in [2.75, 3.05) is 20.2 Å². The van der Waals surface area contributed by atoms with Gasteiger partial charge >= 0.3 is 6.18 Å². The van der Waals surface area contributed by atoms with Crippen LogP contribution in [-0.4, -0.2) is 26.4 Å². The molecular weight excluding hydrogens is 262 g/mol. The maximum atomic E-state index is 12.8. The molecule has 0 aliphatic heterocycles. The molecule has 0 spiro atoms. The van der Waals surface area contributed by atoms with Gasteiger partial charge in [-0.05, 0) is 31.2 Å². The van der Waals surface area contributed by atoms with Crippen LogP contribution in [-0.2, 0) is 4.74 Å². The van der Waals surface area contributed by atoms with Crippen molar-refractivity contribution in [2.45, 2.75) is 25.1 Å². The van der Waals surface area contributed by atoms with E-state index in [1.807, 2.05) is 0 Å². The van der Waals surface area contributed by atoms with E-state index in [1.54, 1.807) is 19.2 Å². The Morgan fingerprint density at radius 3 is 2.37 bits per heavy atom. The van der Waals surface area contributed by atoms with Crippen molar-refractivity contribution in [3.8, 4) is 0 Å². The molecule has 108 valence electrons. The fourth-order valence-corrected chi connectivity index (χ4v) is 1.63. The molecule has 0 aromatic heterocycles. The highest BCUT2D eigenvalue weighted by molar-refractivity contribution is 5.19. The molecular formula is C13H17F4NO. The predicted octanol–water partition coefficient (Wildman–Crippen LogP) is 3.45. The Hall–Kier alpha value is -1.14. The highest BCUT2D eigenvalue weighted by Gasteiger charge is 2.26. The summed E-state index contributed by atoms with van der Waals surface area (Å²) in [5, 5.41) is 2.90. The Balaban J connectivity index is 2.47. The molecule has 0 saturated carbocycles. The number of likely N-dealkylation sites (N-methyl/N-ethyl adjacent to an activating group) is 1. The highest BCUT2D eigenvalue weighted by atomic mass is 19.4. The minimum absolute atomic E-state index is 0.0171. The molecule has 6 heteroatoms. The zero-order chi connectivity index (χ0) is 14.3. The summed E-state index contributed by atoms with van der Waals surface area (Å²) in [6.07, 6.45) is -5.47. The van der Waals surface area contributed by atoms with Crippen molar-refractivity contribution in [1.29, 1.82) is 0 Å². The van der Waals surface area contributed by atoms with Crippen molar-refractivity contribution >= 4 is 0 Å². The van der Waals surface area contributed by atoms with Crippen molar-refractivity contribution in [2.24, 2.45) is 0 Å². The Morgan fingerprint density at radius 1 is 1.21 bits per heavy atom. The lowest BCUT2D eigenvalue weighted by molar-refractivity contribution is -0.138. The average molecular weight is 279 g/mol. The first kappa shape index (κ1) is 15.9. The summed E-state index contributed by atoms with van der Waals surface area (Å²) < 4.78 is 54.2. The molecule has 0 heterocycles. The van der Waals surface area contributed by atoms with Crippen LogP contribution in [0.1, 0.15) is 24.5 Å². The van der Waals surface area contributed by atoms with Gasteiger partial charge in [0.25, 0.3) is 0 Å². The van der Waals surface area contributed by atoms with E-state index in [-0.39, 0.29) is 24.9 Å². The molecule has 0 fully saturated rings. The van der Waals surface area contributed by atoms with Gasteiger partial charge in [0.2, 0.25) is 0 Å². The van der Waals surface area contributed by atoms with E-state index < -0.39 is 12.6 Å². The van der Waals surface area contributed by atoms with Crippen LogP contribution in [0.5, 0.6) is 0 Å². The molecule has 2 nitrogen and oxygen atoms in total. The summed E-state index contributed by atoms with van der Waals surface area (Å²) in [4.78, 5) is 0. The Kier molecular flexibility index (Phi) is 6.24. The van der Waals surface area contributed by atoms with Gasteiger partial charge in [-0.15, -0.1) is 0 Å². The summed E-state index contributed by atoms with van der Waals surface area (Å²) in [7, 11) is 1.72. The normalized spacial score (nSPS) is 13.5. The average Bonchev–Trinajstić information content (AvgIpc) is 2.33. The van der Waals surface area contributed by atoms with E-state index in [1.165, 1.54) is 12.1 Å². The summed E-state index contributed by atoms with van der Waals surface area (Å²) in [6, 6.07) is 5.75. The fraction of sp³-hybridized carbons (Fsp3) is 0.538. The summed E-state index contributed by atoms with van der Waals surface area (Å²) in [6.45, 7) is 0.473. The van der Waals surface area contributed by atoms with Gasteiger partial charge in [-0.2, -0.15) is 13.2 Å². The van der Waals surface area contributed by atoms with Crippen LogP contribution in [0, 0.1) is 5.82 Å². The largest absolute Gasteiger partial charge is 0.389 e. The molecule has 1 aromatic carbocycles. The van der Waals surface area contributed by atoms with E-state index in [0.29, 0.717) is 6.54 Å². The van der Waals surface area contributed by atoms with Crippen molar-refractivity contribution in [3.63, 3.8) is 0 Å². The van der Waals surface area contributed by atoms with Crippen LogP contribution >= 0.6 is 0 Å². The molecule has 0 aliphatic rings. The number of nitrogens with one attached hydrogen (secondary N) is 1. The minimum Gasteiger partial charge on any atom is -0.372 e. The Morgan fingerprint density at radius 2 is 1.84 bits per heavy atom. The predicted molar refractivity (Wildman–Crippen MR) is 64.3 cm³/mol. The fourth-order valence-electron chi connectivity index (χ4n) is 1.63. The molecule has 0 amide bonds. The SMILES string of the molecule is CNCC(OCCCC(F)(F)F)c1ccc(F)cc1. The smallest absolute Gasteiger partial charge is 0.372 e. The Bertz CT molecular complexity index is 364. The molecule has 1 rings (SSSR count). The standard InChI is InChI=1S/C13H17F4NO/c1-18-9-12(10-3-5-11(14)6-4-10)19-8-2-7-13(15,16)17/h3-6,12,18H,2,7-9H2,1H3. The van der Waals surface area contributed by atoms with Gasteiger partial charge in [-0.1, -0.05) is 12.1 Å². The van der Waals surface area contributed by atoms with Crippen molar-refractivity contribution in [1.82, 2.24) is 5.32 Å². The topological polar surface area (TPSA) is 21.3 Å². The second-order valence-corrected chi connectivity index (χ2v) is 4.19. The first-order valence-corrected chi connectivity index (χ1v) is 6.01. The van der Waals surface area contributed by atoms with Crippen LogP contribution < -0.4 is 5.32 Å². The number of hydrogen-bond donors (Lipinski definition) is 1. The van der Waals surface area contributed by atoms with Gasteiger partial charge < -0.3 is 10.1 Å². The van der Waals surface area contributed by atoms with Crippen LogP contribution in [0.4, 0.5) is 17.6 Å². The number of alkyl halides is 3. The molecule has 1 unspecified atom stereocenters. The second-order valence-electron chi connectivity index (χ2n) is 4.19. The van der Waals surface area contributed by atoms with Crippen LogP contribution in [0.25, 0.3) is 0 Å². The number of ether oxygens (including phenoxy) is 1. The van der Waals surface area contributed by atoms with E-state index in [0.717, 1.165) is 5.56 Å². The van der Waals surface area contributed by atoms with Crippen LogP contribution in [0.2, 0.25) is 0 Å². The maximum Gasteiger partial charge on any atom is 0.389 e. The minimum atomic E-state index is -4.16. The molecule has 1 aromatic rings. The van der Waals surface area contributed by atoms with Gasteiger partial charge in [0.15, 0.2) is 0 Å². The number of rotatable bonds is 7. The van der Waals surface area contributed by atoms with Gasteiger partial charge in [0.05, 0.1) is 6.10 Å². The lowest BCUT2D eigenvalue weighted by atomic mass is 10.1. The molecule has 1 N–H and O–H groups in total. The van der Waals surface area contributed by atoms with E-state index in [9.17, 15) is 17.6 Å². The van der Waals surface area contributed by atoms with Gasteiger partial charge in [0, 0.05) is 19.6 Å². The third-order valence-electron chi connectivity index (χ3n) is 2.55. The zero-order valence-corrected chi connectivity index (χ0v) is 10.6. The number of halogens is 4. The third kappa shape index (κ3) is 6.54. The van der Waals surface area contributed by atoms with Crippen LogP contribution in [0.3, 0.4) is 0 Å². The zero-order valence-electron chi connectivity index (χ0n) is 10.6. The van der Waals surface area contributed by atoms with Crippen molar-refractivity contribution in [3.05, 3.63) is 35.6 Å². The first-order valence-electron chi connectivity index (χ1n) is 6.01. The third-order valence-corrected chi connectivity index (χ3v) is 2.55. The molecule has 1 atom stereocenters.